The fourth-order valence-electron chi connectivity index (χ4n) is 1.51. The molecule has 1 amide bonds. The largest absolute Gasteiger partial charge is 0.306 e. The predicted molar refractivity (Wildman–Crippen MR) is 64.1 cm³/mol. The van der Waals surface area contributed by atoms with Crippen molar-refractivity contribution in [1.29, 1.82) is 0 Å². The van der Waals surface area contributed by atoms with Gasteiger partial charge in [0, 0.05) is 10.7 Å². The Morgan fingerprint density at radius 2 is 2.00 bits per heavy atom. The van der Waals surface area contributed by atoms with E-state index in [0.29, 0.717) is 10.1 Å². The minimum Gasteiger partial charge on any atom is -0.306 e. The molecular formula is C10H9ClN2OS. The van der Waals surface area contributed by atoms with Gasteiger partial charge in [-0.1, -0.05) is 11.6 Å². The number of anilines is 1. The van der Waals surface area contributed by atoms with Gasteiger partial charge in [-0.3, -0.25) is 4.79 Å². The van der Waals surface area contributed by atoms with Gasteiger partial charge in [0.1, 0.15) is 6.04 Å². The van der Waals surface area contributed by atoms with Crippen LogP contribution in [0, 0.1) is 0 Å². The van der Waals surface area contributed by atoms with E-state index in [-0.39, 0.29) is 11.9 Å². The van der Waals surface area contributed by atoms with Gasteiger partial charge >= 0.3 is 0 Å². The summed E-state index contributed by atoms with van der Waals surface area (Å²) in [5.74, 6) is -0.0741. The lowest BCUT2D eigenvalue weighted by Crippen LogP contribution is -2.32. The maximum atomic E-state index is 11.4. The molecule has 1 N–H and O–H groups in total. The molecule has 1 saturated heterocycles. The summed E-state index contributed by atoms with van der Waals surface area (Å²) in [7, 11) is 0. The minimum absolute atomic E-state index is 0.0741. The quantitative estimate of drug-likeness (QED) is 0.762. The number of halogens is 1. The Hall–Kier alpha value is -1.13. The molecule has 1 aromatic rings. The summed E-state index contributed by atoms with van der Waals surface area (Å²) in [6.45, 7) is 1.81. The average Bonchev–Trinajstić information content (AvgIpc) is 2.44. The Morgan fingerprint density at radius 3 is 2.47 bits per heavy atom. The van der Waals surface area contributed by atoms with Gasteiger partial charge in [-0.15, -0.1) is 0 Å². The van der Waals surface area contributed by atoms with E-state index in [9.17, 15) is 4.79 Å². The lowest BCUT2D eigenvalue weighted by molar-refractivity contribution is -0.119. The van der Waals surface area contributed by atoms with Crippen molar-refractivity contribution in [3.63, 3.8) is 0 Å². The predicted octanol–water partition coefficient (Wildman–Crippen LogP) is 1.95. The zero-order valence-electron chi connectivity index (χ0n) is 8.03. The van der Waals surface area contributed by atoms with Gasteiger partial charge < -0.3 is 10.2 Å². The SMILES string of the molecule is CC1C(=O)NC(=S)N1c1ccc(Cl)cc1. The molecule has 78 valence electrons. The number of hydrogen-bond acceptors (Lipinski definition) is 2. The van der Waals surface area contributed by atoms with Crippen molar-refractivity contribution in [3.8, 4) is 0 Å². The van der Waals surface area contributed by atoms with E-state index in [1.807, 2.05) is 19.1 Å². The summed E-state index contributed by atoms with van der Waals surface area (Å²) in [5.41, 5.74) is 0.871. The van der Waals surface area contributed by atoms with Crippen molar-refractivity contribution in [2.75, 3.05) is 4.90 Å². The number of benzene rings is 1. The highest BCUT2D eigenvalue weighted by Crippen LogP contribution is 2.22. The number of thiocarbonyl (C=S) groups is 1. The van der Waals surface area contributed by atoms with Crippen LogP contribution in [0.4, 0.5) is 5.69 Å². The Morgan fingerprint density at radius 1 is 1.40 bits per heavy atom. The molecule has 1 aromatic carbocycles. The first kappa shape index (κ1) is 10.4. The lowest BCUT2D eigenvalue weighted by Gasteiger charge is -2.20. The van der Waals surface area contributed by atoms with Gasteiger partial charge in [-0.2, -0.15) is 0 Å². The molecule has 1 aliphatic rings. The Bertz CT molecular complexity index is 418. The number of nitrogens with zero attached hydrogens (tertiary/aromatic N) is 1. The van der Waals surface area contributed by atoms with Crippen LogP contribution in [0.3, 0.4) is 0 Å². The third-order valence-electron chi connectivity index (χ3n) is 2.32. The fraction of sp³-hybridized carbons (Fsp3) is 0.200. The van der Waals surface area contributed by atoms with Crippen molar-refractivity contribution in [2.45, 2.75) is 13.0 Å². The molecular weight excluding hydrogens is 232 g/mol. The molecule has 0 saturated carbocycles. The topological polar surface area (TPSA) is 32.3 Å². The van der Waals surface area contributed by atoms with Crippen molar-refractivity contribution < 1.29 is 4.79 Å². The molecule has 1 fully saturated rings. The monoisotopic (exact) mass is 240 g/mol. The molecule has 5 heteroatoms. The number of rotatable bonds is 1. The van der Waals surface area contributed by atoms with Crippen molar-refractivity contribution in [2.24, 2.45) is 0 Å². The van der Waals surface area contributed by atoms with E-state index in [1.54, 1.807) is 17.0 Å². The number of hydrogen-bond donors (Lipinski definition) is 1. The number of nitrogens with one attached hydrogen (secondary N) is 1. The van der Waals surface area contributed by atoms with E-state index in [0.717, 1.165) is 5.69 Å². The average molecular weight is 241 g/mol. The van der Waals surface area contributed by atoms with Gasteiger partial charge in [-0.05, 0) is 43.4 Å². The maximum Gasteiger partial charge on any atom is 0.249 e. The summed E-state index contributed by atoms with van der Waals surface area (Å²) in [6.07, 6.45) is 0. The van der Waals surface area contributed by atoms with E-state index in [1.165, 1.54) is 0 Å². The summed E-state index contributed by atoms with van der Waals surface area (Å²) in [4.78, 5) is 13.1. The second-order valence-electron chi connectivity index (χ2n) is 3.32. The van der Waals surface area contributed by atoms with Crippen LogP contribution in [0.2, 0.25) is 5.02 Å². The minimum atomic E-state index is -0.265. The highest BCUT2D eigenvalue weighted by Gasteiger charge is 2.32. The van der Waals surface area contributed by atoms with Crippen molar-refractivity contribution >= 4 is 40.5 Å². The van der Waals surface area contributed by atoms with E-state index in [4.69, 9.17) is 23.8 Å². The standard InChI is InChI=1S/C10H9ClN2OS/c1-6-9(14)12-10(15)13(6)8-4-2-7(11)3-5-8/h2-6H,1H3,(H,12,14,15). The van der Waals surface area contributed by atoms with Crippen LogP contribution in [0.1, 0.15) is 6.92 Å². The number of carbonyl (C=O) groups excluding carboxylic acids is 1. The molecule has 15 heavy (non-hydrogen) atoms. The van der Waals surface area contributed by atoms with Gasteiger partial charge in [0.25, 0.3) is 0 Å². The van der Waals surface area contributed by atoms with Crippen LogP contribution in [-0.4, -0.2) is 17.1 Å². The number of carbonyl (C=O) groups is 1. The van der Waals surface area contributed by atoms with Crippen molar-refractivity contribution in [1.82, 2.24) is 5.32 Å². The molecule has 1 atom stereocenters. The molecule has 0 bridgehead atoms. The van der Waals surface area contributed by atoms with Crippen molar-refractivity contribution in [3.05, 3.63) is 29.3 Å². The normalized spacial score (nSPS) is 20.7. The Kier molecular flexibility index (Phi) is 2.63. The van der Waals surface area contributed by atoms with Gasteiger partial charge in [0.2, 0.25) is 5.91 Å². The van der Waals surface area contributed by atoms with Crippen LogP contribution in [0.25, 0.3) is 0 Å². The second kappa shape index (κ2) is 3.79. The molecule has 2 rings (SSSR count). The third kappa shape index (κ3) is 1.82. The molecule has 0 aromatic heterocycles. The first-order valence-corrected chi connectivity index (χ1v) is 5.28. The zero-order chi connectivity index (χ0) is 11.0. The maximum absolute atomic E-state index is 11.4. The molecule has 0 radical (unpaired) electrons. The molecule has 0 aliphatic carbocycles. The van der Waals surface area contributed by atoms with Crippen LogP contribution >= 0.6 is 23.8 Å². The molecule has 3 nitrogen and oxygen atoms in total. The molecule has 0 spiro atoms. The smallest absolute Gasteiger partial charge is 0.249 e. The third-order valence-corrected chi connectivity index (χ3v) is 2.87. The van der Waals surface area contributed by atoms with Crippen LogP contribution < -0.4 is 10.2 Å². The van der Waals surface area contributed by atoms with Gasteiger partial charge in [0.15, 0.2) is 5.11 Å². The van der Waals surface area contributed by atoms with Crippen LogP contribution in [0.15, 0.2) is 24.3 Å². The zero-order valence-corrected chi connectivity index (χ0v) is 9.60. The summed E-state index contributed by atoms with van der Waals surface area (Å²) in [6, 6.07) is 6.96. The fourth-order valence-corrected chi connectivity index (χ4v) is 2.00. The highest BCUT2D eigenvalue weighted by atomic mass is 35.5. The first-order valence-electron chi connectivity index (χ1n) is 4.49. The van der Waals surface area contributed by atoms with E-state index < -0.39 is 0 Å². The Balaban J connectivity index is 2.34. The van der Waals surface area contributed by atoms with Gasteiger partial charge in [-0.25, -0.2) is 0 Å². The van der Waals surface area contributed by atoms with E-state index in [2.05, 4.69) is 5.32 Å². The highest BCUT2D eigenvalue weighted by molar-refractivity contribution is 7.80. The van der Waals surface area contributed by atoms with Gasteiger partial charge in [0.05, 0.1) is 0 Å². The number of amides is 1. The van der Waals surface area contributed by atoms with E-state index >= 15 is 0 Å². The lowest BCUT2D eigenvalue weighted by atomic mass is 10.2. The summed E-state index contributed by atoms with van der Waals surface area (Å²) < 4.78 is 0. The molecule has 1 aliphatic heterocycles. The first-order chi connectivity index (χ1) is 7.09. The summed E-state index contributed by atoms with van der Waals surface area (Å²) in [5, 5.41) is 3.72. The Labute approximate surface area is 98.0 Å². The molecule has 1 unspecified atom stereocenters. The second-order valence-corrected chi connectivity index (χ2v) is 4.14. The van der Waals surface area contributed by atoms with Crippen LogP contribution in [-0.2, 0) is 4.79 Å². The summed E-state index contributed by atoms with van der Waals surface area (Å²) >= 11 is 10.9. The molecule has 1 heterocycles. The van der Waals surface area contributed by atoms with Crippen LogP contribution in [0.5, 0.6) is 0 Å².